The number of ether oxygens (including phenoxy) is 1. The third kappa shape index (κ3) is 5.70. The van der Waals surface area contributed by atoms with E-state index in [2.05, 4.69) is 64.4 Å². The van der Waals surface area contributed by atoms with Gasteiger partial charge in [0, 0.05) is 70.2 Å². The van der Waals surface area contributed by atoms with Gasteiger partial charge in [0.25, 0.3) is 5.91 Å². The first-order chi connectivity index (χ1) is 25.5. The lowest BCUT2D eigenvalue weighted by atomic mass is 9.98. The van der Waals surface area contributed by atoms with Gasteiger partial charge in [0.2, 0.25) is 0 Å². The average Bonchev–Trinajstić information content (AvgIpc) is 3.75. The second-order valence-corrected chi connectivity index (χ2v) is 15.1. The molecule has 3 aromatic carbocycles. The standard InChI is InChI=1S/C43H42Cl2N6O2/c1-24-20-30(21-25(2)39(24)44)53-19-11-14-32-31-12-10-13-33(38-26(3)47-49(7)27(38)4)40(31)50-28(5)42(45)51(43(52)41(32)50)37-23-48(6)36-17-16-29(22-34(36)37)35-15-8-9-18-46-35/h8-10,12-13,15-18,20-23,28,42H,11,14,19H2,1-7H3/t28?,42-/m0/s1. The van der Waals surface area contributed by atoms with Gasteiger partial charge in [0.15, 0.2) is 0 Å². The number of amides is 1. The lowest BCUT2D eigenvalue weighted by molar-refractivity contribution is 0.0951. The van der Waals surface area contributed by atoms with Crippen LogP contribution in [-0.4, -0.2) is 41.9 Å². The predicted octanol–water partition coefficient (Wildman–Crippen LogP) is 10.3. The van der Waals surface area contributed by atoms with Crippen LogP contribution < -0.4 is 9.64 Å². The number of anilines is 1. The first-order valence-electron chi connectivity index (χ1n) is 18.0. The van der Waals surface area contributed by atoms with Crippen molar-refractivity contribution in [2.24, 2.45) is 14.1 Å². The molecule has 8 rings (SSSR count). The largest absolute Gasteiger partial charge is 0.494 e. The topological polar surface area (TPSA) is 70.1 Å². The number of hydrogen-bond donors (Lipinski definition) is 0. The monoisotopic (exact) mass is 744 g/mol. The summed E-state index contributed by atoms with van der Waals surface area (Å²) in [7, 11) is 3.97. The summed E-state index contributed by atoms with van der Waals surface area (Å²) in [5.41, 5.74) is 11.7. The molecule has 4 aromatic heterocycles. The number of carbonyl (C=O) groups excluding carboxylic acids is 1. The number of carbonyl (C=O) groups is 1. The third-order valence-electron chi connectivity index (χ3n) is 10.8. The fourth-order valence-electron chi connectivity index (χ4n) is 8.18. The summed E-state index contributed by atoms with van der Waals surface area (Å²) in [6, 6.07) is 22.2. The molecule has 53 heavy (non-hydrogen) atoms. The Balaban J connectivity index is 1.27. The molecule has 7 aromatic rings. The van der Waals surface area contributed by atoms with E-state index in [0.29, 0.717) is 25.1 Å². The zero-order valence-corrected chi connectivity index (χ0v) is 32.5. The highest BCUT2D eigenvalue weighted by Crippen LogP contribution is 2.46. The van der Waals surface area contributed by atoms with Gasteiger partial charge >= 0.3 is 0 Å². The smallest absolute Gasteiger partial charge is 0.276 e. The molecule has 1 aliphatic heterocycles. The van der Waals surface area contributed by atoms with Crippen LogP contribution in [0, 0.1) is 27.7 Å². The second-order valence-electron chi connectivity index (χ2n) is 14.3. The molecule has 0 N–H and O–H groups in total. The maximum absolute atomic E-state index is 15.3. The second kappa shape index (κ2) is 13.4. The predicted molar refractivity (Wildman–Crippen MR) is 216 cm³/mol. The minimum atomic E-state index is -0.661. The maximum Gasteiger partial charge on any atom is 0.276 e. The van der Waals surface area contributed by atoms with E-state index in [9.17, 15) is 0 Å². The minimum Gasteiger partial charge on any atom is -0.494 e. The molecule has 1 aliphatic rings. The number of aromatic nitrogens is 5. The molecule has 0 fully saturated rings. The van der Waals surface area contributed by atoms with Gasteiger partial charge in [-0.15, -0.1) is 0 Å². The summed E-state index contributed by atoms with van der Waals surface area (Å²) in [6.07, 6.45) is 5.15. The number of alkyl halides is 1. The summed E-state index contributed by atoms with van der Waals surface area (Å²) in [4.78, 5) is 21.6. The van der Waals surface area contributed by atoms with Crippen molar-refractivity contribution >= 4 is 56.6 Å². The van der Waals surface area contributed by atoms with E-state index in [4.69, 9.17) is 33.0 Å². The summed E-state index contributed by atoms with van der Waals surface area (Å²) in [5, 5.41) is 7.50. The Morgan fingerprint density at radius 3 is 2.40 bits per heavy atom. The quantitative estimate of drug-likeness (QED) is 0.0882. The highest BCUT2D eigenvalue weighted by molar-refractivity contribution is 6.32. The molecule has 0 saturated carbocycles. The van der Waals surface area contributed by atoms with Crippen LogP contribution in [-0.2, 0) is 20.5 Å². The number of para-hydroxylation sites is 1. The zero-order chi connectivity index (χ0) is 37.3. The molecule has 10 heteroatoms. The van der Waals surface area contributed by atoms with Crippen LogP contribution in [0.1, 0.15) is 58.0 Å². The summed E-state index contributed by atoms with van der Waals surface area (Å²) in [6.45, 7) is 10.7. The average molecular weight is 746 g/mol. The Hall–Kier alpha value is -5.05. The number of benzene rings is 3. The molecule has 1 unspecified atom stereocenters. The van der Waals surface area contributed by atoms with Crippen molar-refractivity contribution in [2.45, 2.75) is 59.0 Å². The number of aryl methyl sites for hydroxylation is 6. The highest BCUT2D eigenvalue weighted by atomic mass is 35.5. The van der Waals surface area contributed by atoms with Crippen LogP contribution in [0.3, 0.4) is 0 Å². The van der Waals surface area contributed by atoms with Crippen molar-refractivity contribution in [1.29, 1.82) is 0 Å². The Kier molecular flexibility index (Phi) is 8.86. The van der Waals surface area contributed by atoms with Gasteiger partial charge in [0.05, 0.1) is 35.2 Å². The summed E-state index contributed by atoms with van der Waals surface area (Å²) < 4.78 is 12.4. The molecule has 2 atom stereocenters. The molecular formula is C43H42Cl2N6O2. The number of hydrogen-bond acceptors (Lipinski definition) is 4. The van der Waals surface area contributed by atoms with E-state index >= 15 is 4.79 Å². The lowest BCUT2D eigenvalue weighted by Gasteiger charge is -2.38. The normalized spacial score (nSPS) is 15.9. The minimum absolute atomic E-state index is 0.125. The zero-order valence-electron chi connectivity index (χ0n) is 31.0. The van der Waals surface area contributed by atoms with E-state index in [0.717, 1.165) is 88.7 Å². The molecule has 8 nitrogen and oxygen atoms in total. The van der Waals surface area contributed by atoms with Crippen molar-refractivity contribution < 1.29 is 9.53 Å². The SMILES string of the molecule is Cc1cc(OCCCc2c3n(c4c(-c5c(C)nn(C)c5C)cccc24)C(C)[C@@H](Cl)N(c2cn(C)c4ccc(-c5ccccn5)cc24)C3=O)cc(C)c1Cl. The highest BCUT2D eigenvalue weighted by Gasteiger charge is 2.42. The number of rotatable bonds is 8. The van der Waals surface area contributed by atoms with Crippen LogP contribution >= 0.6 is 23.2 Å². The van der Waals surface area contributed by atoms with E-state index in [1.54, 1.807) is 11.1 Å². The molecule has 270 valence electrons. The fraction of sp³-hybridized carbons (Fsp3) is 0.279. The van der Waals surface area contributed by atoms with Crippen molar-refractivity contribution in [1.82, 2.24) is 23.9 Å². The van der Waals surface area contributed by atoms with Gasteiger partial charge in [-0.1, -0.05) is 53.5 Å². The molecule has 0 saturated heterocycles. The summed E-state index contributed by atoms with van der Waals surface area (Å²) in [5.74, 6) is 0.667. The number of halogens is 2. The van der Waals surface area contributed by atoms with Gasteiger partial charge in [-0.2, -0.15) is 5.10 Å². The van der Waals surface area contributed by atoms with Gasteiger partial charge in [-0.3, -0.25) is 19.4 Å². The number of pyridine rings is 1. The Morgan fingerprint density at radius 2 is 1.70 bits per heavy atom. The first-order valence-corrected chi connectivity index (χ1v) is 18.8. The van der Waals surface area contributed by atoms with Crippen molar-refractivity contribution in [3.05, 3.63) is 118 Å². The number of fused-ring (bicyclic) bond motifs is 4. The van der Waals surface area contributed by atoms with Crippen LogP contribution in [0.15, 0.2) is 79.1 Å². The van der Waals surface area contributed by atoms with Crippen molar-refractivity contribution in [2.75, 3.05) is 11.5 Å². The Bertz CT molecular complexity index is 2540. The molecule has 0 spiro atoms. The van der Waals surface area contributed by atoms with Gasteiger partial charge in [0.1, 0.15) is 16.9 Å². The van der Waals surface area contributed by atoms with Crippen LogP contribution in [0.2, 0.25) is 5.02 Å². The molecule has 1 amide bonds. The van der Waals surface area contributed by atoms with Crippen LogP contribution in [0.5, 0.6) is 5.75 Å². The van der Waals surface area contributed by atoms with E-state index in [1.165, 1.54) is 0 Å². The lowest BCUT2D eigenvalue weighted by Crippen LogP contribution is -2.47. The van der Waals surface area contributed by atoms with Gasteiger partial charge in [-0.05, 0) is 101 Å². The van der Waals surface area contributed by atoms with E-state index < -0.39 is 5.50 Å². The van der Waals surface area contributed by atoms with E-state index in [-0.39, 0.29) is 11.9 Å². The number of nitrogens with zero attached hydrogens (tertiary/aromatic N) is 6. The van der Waals surface area contributed by atoms with Crippen LogP contribution in [0.25, 0.3) is 44.2 Å². The van der Waals surface area contributed by atoms with Gasteiger partial charge < -0.3 is 13.9 Å². The fourth-order valence-corrected chi connectivity index (χ4v) is 8.60. The Morgan fingerprint density at radius 1 is 0.925 bits per heavy atom. The van der Waals surface area contributed by atoms with E-state index in [1.807, 2.05) is 76.1 Å². The van der Waals surface area contributed by atoms with Crippen molar-refractivity contribution in [3.63, 3.8) is 0 Å². The maximum atomic E-state index is 15.3. The van der Waals surface area contributed by atoms with Gasteiger partial charge in [-0.25, -0.2) is 0 Å². The first kappa shape index (κ1) is 35.0. The summed E-state index contributed by atoms with van der Waals surface area (Å²) >= 11 is 13.9. The molecule has 0 aliphatic carbocycles. The Labute approximate surface area is 319 Å². The molecule has 0 bridgehead atoms. The molecular weight excluding hydrogens is 703 g/mol. The molecule has 5 heterocycles. The third-order valence-corrected chi connectivity index (χ3v) is 12.0. The van der Waals surface area contributed by atoms with Crippen molar-refractivity contribution in [3.8, 4) is 28.1 Å². The van der Waals surface area contributed by atoms with Crippen LogP contribution in [0.4, 0.5) is 5.69 Å². The molecule has 0 radical (unpaired) electrons.